The largest absolute Gasteiger partial charge is 0.488 e. The summed E-state index contributed by atoms with van der Waals surface area (Å²) in [6.07, 6.45) is 3.41. The number of amides is 4. The zero-order valence-corrected chi connectivity index (χ0v) is 37.9. The number of imidazole rings is 1. The molecule has 3 N–H and O–H groups in total. The molecule has 0 aliphatic carbocycles. The summed E-state index contributed by atoms with van der Waals surface area (Å²) in [6, 6.07) is 12.5. The van der Waals surface area contributed by atoms with Gasteiger partial charge in [-0.05, 0) is 96.3 Å². The number of ether oxygens (including phenoxy) is 5. The minimum atomic E-state index is -0.927. The number of aromatic amines is 1. The normalized spacial score (nSPS) is 21.8. The van der Waals surface area contributed by atoms with E-state index < -0.39 is 30.4 Å². The molecule has 0 bridgehead atoms. The lowest BCUT2D eigenvalue weighted by Gasteiger charge is -2.33. The number of nitrogens with zero attached hydrogens (tertiary/aromatic N) is 4. The Morgan fingerprint density at radius 3 is 2.41 bits per heavy atom. The number of hydrogen-bond donors (Lipinski definition) is 3. The van der Waals surface area contributed by atoms with Crippen LogP contribution in [0.3, 0.4) is 0 Å². The molecule has 4 aromatic rings. The highest BCUT2D eigenvalue weighted by atomic mass is 16.5. The van der Waals surface area contributed by atoms with E-state index in [9.17, 15) is 19.2 Å². The van der Waals surface area contributed by atoms with Crippen molar-refractivity contribution in [3.63, 3.8) is 0 Å². The molecule has 3 aromatic carbocycles. The van der Waals surface area contributed by atoms with E-state index >= 15 is 0 Å². The Morgan fingerprint density at radius 1 is 0.922 bits per heavy atom. The van der Waals surface area contributed by atoms with Crippen molar-refractivity contribution in [1.29, 1.82) is 0 Å². The van der Waals surface area contributed by atoms with Crippen LogP contribution in [0.4, 0.5) is 15.3 Å². The Labute approximate surface area is 373 Å². The van der Waals surface area contributed by atoms with Crippen LogP contribution in [0.5, 0.6) is 5.75 Å². The van der Waals surface area contributed by atoms with Crippen LogP contribution in [0.2, 0.25) is 0 Å². The molecule has 0 unspecified atom stereocenters. The van der Waals surface area contributed by atoms with Gasteiger partial charge >= 0.3 is 12.2 Å². The van der Waals surface area contributed by atoms with Gasteiger partial charge in [0, 0.05) is 50.4 Å². The maximum absolute atomic E-state index is 14.3. The van der Waals surface area contributed by atoms with Crippen molar-refractivity contribution >= 4 is 46.2 Å². The number of H-pyrrole nitrogens is 1. The van der Waals surface area contributed by atoms with Crippen molar-refractivity contribution in [1.82, 2.24) is 30.4 Å². The van der Waals surface area contributed by atoms with Gasteiger partial charge in [0.15, 0.2) is 0 Å². The van der Waals surface area contributed by atoms with Crippen LogP contribution in [0.25, 0.3) is 33.2 Å². The van der Waals surface area contributed by atoms with Gasteiger partial charge in [0.25, 0.3) is 0 Å². The minimum Gasteiger partial charge on any atom is -0.488 e. The van der Waals surface area contributed by atoms with Crippen molar-refractivity contribution in [3.05, 3.63) is 65.6 Å². The molecule has 4 aliphatic rings. The molecule has 4 amide bonds. The summed E-state index contributed by atoms with van der Waals surface area (Å²) < 4.78 is 27.2. The summed E-state index contributed by atoms with van der Waals surface area (Å²) in [7, 11) is 5.75. The van der Waals surface area contributed by atoms with Crippen molar-refractivity contribution in [2.24, 2.45) is 16.8 Å². The molecule has 1 aromatic heterocycles. The standard InChI is InChI=1S/C48H59N7O9/c1-9-25(2)42(52-47(58)62-7)45(56)54-22-28(23-60-5)16-40(54)37-19-34-33-20-41-35(18-29(33)12-14-36(34)50-37)32-13-11-30(17-31(32)24-64-41)38-21-49-44(51-38)39-15-10-26(3)55(39)46(57)43(27(4)61-6)53-48(59)63-8/h11-14,17-18,20-21,25-28,39-40,42-43H,9-10,15-16,19,22-24H2,1-8H3,(H,49,51)(H,52,58)(H,53,59)/t25-,26-,27+,28-,39-,40-,42-,43-/m0/s1. The SMILES string of the molecule is CC[C@H](C)[C@H](NC(=O)OC)C(=O)N1C[C@@H](COC)C[C@H]1C1=Nc2ccc3cc4c(cc3c2C1)OCc1cc(-c2cnc([C@@H]3CC[C@H](C)N3C(=O)[C@@H](NC(=O)OC)[C@@H](C)OC)[nH]2)ccc1-4. The molecule has 16 nitrogen and oxygen atoms in total. The van der Waals surface area contributed by atoms with Crippen molar-refractivity contribution in [2.75, 3.05) is 41.6 Å². The van der Waals surface area contributed by atoms with Gasteiger partial charge in [-0.15, -0.1) is 0 Å². The Morgan fingerprint density at radius 2 is 1.69 bits per heavy atom. The average Bonchev–Trinajstić information content (AvgIpc) is 4.14. The number of aliphatic imine (C=N–C) groups is 1. The zero-order chi connectivity index (χ0) is 45.4. The molecular formula is C48H59N7O9. The van der Waals surface area contributed by atoms with Crippen LogP contribution in [-0.4, -0.2) is 121 Å². The number of rotatable bonds is 13. The maximum atomic E-state index is 14.3. The topological polar surface area (TPSA) is 186 Å². The molecule has 2 saturated heterocycles. The molecule has 64 heavy (non-hydrogen) atoms. The first-order valence-corrected chi connectivity index (χ1v) is 22.2. The Balaban J connectivity index is 1.02. The first-order chi connectivity index (χ1) is 30.9. The van der Waals surface area contributed by atoms with Crippen LogP contribution < -0.4 is 15.4 Å². The van der Waals surface area contributed by atoms with E-state index in [0.29, 0.717) is 44.8 Å². The average molecular weight is 878 g/mol. The number of methoxy groups -OCH3 is 4. The molecule has 0 spiro atoms. The van der Waals surface area contributed by atoms with Crippen LogP contribution in [0.1, 0.15) is 76.4 Å². The second-order valence-electron chi connectivity index (χ2n) is 17.6. The predicted octanol–water partition coefficient (Wildman–Crippen LogP) is 6.86. The molecule has 8 atom stereocenters. The van der Waals surface area contributed by atoms with Gasteiger partial charge in [-0.25, -0.2) is 14.6 Å². The number of benzene rings is 3. The third-order valence-electron chi connectivity index (χ3n) is 13.7. The Bertz CT molecular complexity index is 2470. The minimum absolute atomic E-state index is 0.0717. The van der Waals surface area contributed by atoms with Crippen LogP contribution >= 0.6 is 0 Å². The zero-order valence-electron chi connectivity index (χ0n) is 37.9. The molecule has 0 radical (unpaired) electrons. The monoisotopic (exact) mass is 877 g/mol. The highest BCUT2D eigenvalue weighted by Gasteiger charge is 2.44. The number of alkyl carbamates (subject to hydrolysis) is 2. The third kappa shape index (κ3) is 8.40. The number of nitrogens with one attached hydrogen (secondary N) is 3. The first-order valence-electron chi connectivity index (χ1n) is 22.2. The molecule has 4 aliphatic heterocycles. The summed E-state index contributed by atoms with van der Waals surface area (Å²) >= 11 is 0. The number of carbonyl (C=O) groups excluding carboxylic acids is 4. The Kier molecular flexibility index (Phi) is 13.0. The van der Waals surface area contributed by atoms with Gasteiger partial charge in [-0.3, -0.25) is 14.6 Å². The van der Waals surface area contributed by atoms with Gasteiger partial charge in [0.05, 0.1) is 56.6 Å². The number of likely N-dealkylation sites (tertiary alicyclic amines) is 2. The summed E-state index contributed by atoms with van der Waals surface area (Å²) in [5.74, 6) is 1.11. The predicted molar refractivity (Wildman–Crippen MR) is 240 cm³/mol. The van der Waals surface area contributed by atoms with Crippen molar-refractivity contribution < 1.29 is 42.9 Å². The smallest absolute Gasteiger partial charge is 0.407 e. The second kappa shape index (κ2) is 18.6. The lowest BCUT2D eigenvalue weighted by atomic mass is 9.90. The quantitative estimate of drug-likeness (QED) is 0.128. The summed E-state index contributed by atoms with van der Waals surface area (Å²) in [6.45, 7) is 9.13. The van der Waals surface area contributed by atoms with E-state index in [1.54, 1.807) is 25.1 Å². The molecule has 0 saturated carbocycles. The molecule has 340 valence electrons. The van der Waals surface area contributed by atoms with Gasteiger partial charge in [0.2, 0.25) is 11.8 Å². The van der Waals surface area contributed by atoms with Gasteiger partial charge in [-0.2, -0.15) is 0 Å². The van der Waals surface area contributed by atoms with Gasteiger partial charge in [0.1, 0.15) is 30.3 Å². The molecular weight excluding hydrogens is 819 g/mol. The molecule has 8 rings (SSSR count). The van der Waals surface area contributed by atoms with Crippen LogP contribution in [0.15, 0.2) is 53.7 Å². The molecule has 16 heteroatoms. The molecule has 5 heterocycles. The van der Waals surface area contributed by atoms with E-state index in [-0.39, 0.29) is 41.8 Å². The highest BCUT2D eigenvalue weighted by molar-refractivity contribution is 6.06. The fraction of sp³-hybridized carbons (Fsp3) is 0.500. The lowest BCUT2D eigenvalue weighted by molar-refractivity contribution is -0.139. The van der Waals surface area contributed by atoms with Crippen molar-refractivity contribution in [2.45, 2.75) is 103 Å². The fourth-order valence-electron chi connectivity index (χ4n) is 9.92. The number of aromatic nitrogens is 2. The number of fused-ring (bicyclic) bond motifs is 6. The Hall–Kier alpha value is -6.00. The van der Waals surface area contributed by atoms with E-state index in [1.165, 1.54) is 21.3 Å². The van der Waals surface area contributed by atoms with Crippen LogP contribution in [-0.2, 0) is 41.6 Å². The van der Waals surface area contributed by atoms with E-state index in [2.05, 4.69) is 58.1 Å². The lowest BCUT2D eigenvalue weighted by Crippen LogP contribution is -2.55. The number of hydrogen-bond acceptors (Lipinski definition) is 11. The summed E-state index contributed by atoms with van der Waals surface area (Å²) in [4.78, 5) is 69.8. The summed E-state index contributed by atoms with van der Waals surface area (Å²) in [5, 5.41) is 7.59. The first kappa shape index (κ1) is 44.6. The fourth-order valence-corrected chi connectivity index (χ4v) is 9.92. The highest BCUT2D eigenvalue weighted by Crippen LogP contribution is 2.45. The molecule has 2 fully saturated rings. The third-order valence-corrected chi connectivity index (χ3v) is 13.7. The number of carbonyl (C=O) groups is 4. The van der Waals surface area contributed by atoms with Gasteiger partial charge < -0.3 is 49.1 Å². The van der Waals surface area contributed by atoms with E-state index in [0.717, 1.165) is 74.3 Å². The van der Waals surface area contributed by atoms with Crippen LogP contribution in [0, 0.1) is 11.8 Å². The van der Waals surface area contributed by atoms with Crippen molar-refractivity contribution in [3.8, 4) is 28.1 Å². The second-order valence-corrected chi connectivity index (χ2v) is 17.6. The van der Waals surface area contributed by atoms with E-state index in [1.807, 2.05) is 25.7 Å². The van der Waals surface area contributed by atoms with Gasteiger partial charge in [-0.1, -0.05) is 38.5 Å². The maximum Gasteiger partial charge on any atom is 0.407 e. The summed E-state index contributed by atoms with van der Waals surface area (Å²) in [5.41, 5.74) is 7.81. The van der Waals surface area contributed by atoms with E-state index in [4.69, 9.17) is 33.7 Å².